The zero-order valence-electron chi connectivity index (χ0n) is 19.9. The third-order valence-corrected chi connectivity index (χ3v) is 6.04. The zero-order valence-corrected chi connectivity index (χ0v) is 19.9. The normalized spacial score (nSPS) is 13.3. The number of amides is 3. The third-order valence-electron chi connectivity index (χ3n) is 6.04. The summed E-state index contributed by atoms with van der Waals surface area (Å²) < 4.78 is 0. The summed E-state index contributed by atoms with van der Waals surface area (Å²) in [6.45, 7) is 4.86. The Morgan fingerprint density at radius 1 is 0.829 bits per heavy atom. The molecule has 0 radical (unpaired) electrons. The van der Waals surface area contributed by atoms with Crippen LogP contribution in [0.5, 0.6) is 0 Å². The first-order valence-corrected chi connectivity index (χ1v) is 11.8. The van der Waals surface area contributed by atoms with Gasteiger partial charge in [0, 0.05) is 50.4 Å². The fraction of sp³-hybridized carbons (Fsp3) is 0.250. The van der Waals surface area contributed by atoms with Crippen LogP contribution in [0.4, 0.5) is 11.4 Å². The summed E-state index contributed by atoms with van der Waals surface area (Å²) in [5, 5.41) is 5.61. The zero-order chi connectivity index (χ0) is 24.6. The lowest BCUT2D eigenvalue weighted by molar-refractivity contribution is -0.116. The Bertz CT molecular complexity index is 1190. The van der Waals surface area contributed by atoms with Crippen molar-refractivity contribution in [2.75, 3.05) is 42.9 Å². The molecule has 3 aromatic rings. The number of benzene rings is 3. The Kier molecular flexibility index (Phi) is 7.77. The van der Waals surface area contributed by atoms with E-state index in [1.807, 2.05) is 42.2 Å². The number of para-hydroxylation sites is 2. The summed E-state index contributed by atoms with van der Waals surface area (Å²) in [6.07, 6.45) is 0.107. The van der Waals surface area contributed by atoms with E-state index in [0.29, 0.717) is 29.9 Å². The molecule has 7 heteroatoms. The van der Waals surface area contributed by atoms with Crippen LogP contribution in [-0.4, -0.2) is 55.3 Å². The molecule has 0 unspecified atom stereocenters. The van der Waals surface area contributed by atoms with E-state index in [0.717, 1.165) is 24.3 Å². The molecule has 0 bridgehead atoms. The molecule has 0 saturated carbocycles. The van der Waals surface area contributed by atoms with Gasteiger partial charge in [-0.25, -0.2) is 0 Å². The predicted octanol–water partition coefficient (Wildman–Crippen LogP) is 3.72. The van der Waals surface area contributed by atoms with E-state index in [2.05, 4.69) is 27.7 Å². The maximum atomic E-state index is 13.2. The van der Waals surface area contributed by atoms with Crippen LogP contribution < -0.4 is 15.5 Å². The van der Waals surface area contributed by atoms with Crippen LogP contribution in [0.1, 0.15) is 32.7 Å². The van der Waals surface area contributed by atoms with Gasteiger partial charge < -0.3 is 20.4 Å². The molecule has 2 N–H and O–H groups in total. The minimum atomic E-state index is -0.260. The number of nitrogens with one attached hydrogen (secondary N) is 2. The van der Waals surface area contributed by atoms with Gasteiger partial charge >= 0.3 is 0 Å². The molecule has 4 rings (SSSR count). The average molecular weight is 471 g/mol. The largest absolute Gasteiger partial charge is 0.368 e. The molecule has 3 aromatic carbocycles. The molecule has 180 valence electrons. The Morgan fingerprint density at radius 3 is 2.29 bits per heavy atom. The fourth-order valence-electron chi connectivity index (χ4n) is 4.15. The predicted molar refractivity (Wildman–Crippen MR) is 138 cm³/mol. The van der Waals surface area contributed by atoms with E-state index in [4.69, 9.17) is 0 Å². The number of carbonyl (C=O) groups excluding carboxylic acids is 3. The van der Waals surface area contributed by atoms with Crippen LogP contribution in [0.25, 0.3) is 0 Å². The van der Waals surface area contributed by atoms with Gasteiger partial charge in [0.25, 0.3) is 11.8 Å². The maximum absolute atomic E-state index is 13.2. The van der Waals surface area contributed by atoms with E-state index < -0.39 is 0 Å². The summed E-state index contributed by atoms with van der Waals surface area (Å²) in [5.74, 6) is -0.572. The minimum absolute atomic E-state index is 0.0960. The fourth-order valence-corrected chi connectivity index (χ4v) is 4.15. The SMILES string of the molecule is Cc1cccc(C(=O)NCCC(=O)Nc2ccccc2C(=O)N2CCN(c3ccccc3)CC2)c1. The second kappa shape index (κ2) is 11.3. The highest BCUT2D eigenvalue weighted by Gasteiger charge is 2.24. The van der Waals surface area contributed by atoms with Crippen molar-refractivity contribution in [3.05, 3.63) is 95.6 Å². The van der Waals surface area contributed by atoms with E-state index in [9.17, 15) is 14.4 Å². The van der Waals surface area contributed by atoms with Crippen LogP contribution in [0.3, 0.4) is 0 Å². The van der Waals surface area contributed by atoms with Gasteiger partial charge in [-0.05, 0) is 43.3 Å². The Morgan fingerprint density at radius 2 is 1.54 bits per heavy atom. The Balaban J connectivity index is 1.30. The number of aryl methyl sites for hydroxylation is 1. The number of nitrogens with zero attached hydrogens (tertiary/aromatic N) is 2. The molecule has 0 aliphatic carbocycles. The Hall–Kier alpha value is -4.13. The number of carbonyl (C=O) groups is 3. The molecular weight excluding hydrogens is 440 g/mol. The van der Waals surface area contributed by atoms with E-state index in [1.165, 1.54) is 0 Å². The van der Waals surface area contributed by atoms with Crippen LogP contribution >= 0.6 is 0 Å². The van der Waals surface area contributed by atoms with E-state index >= 15 is 0 Å². The number of anilines is 2. The highest BCUT2D eigenvalue weighted by molar-refractivity contribution is 6.04. The molecule has 3 amide bonds. The van der Waals surface area contributed by atoms with Crippen molar-refractivity contribution in [1.82, 2.24) is 10.2 Å². The van der Waals surface area contributed by atoms with E-state index in [-0.39, 0.29) is 30.7 Å². The van der Waals surface area contributed by atoms with Crippen molar-refractivity contribution < 1.29 is 14.4 Å². The molecule has 1 aliphatic rings. The van der Waals surface area contributed by atoms with Crippen molar-refractivity contribution >= 4 is 29.1 Å². The first-order valence-electron chi connectivity index (χ1n) is 11.8. The molecule has 1 saturated heterocycles. The summed E-state index contributed by atoms with van der Waals surface area (Å²) in [4.78, 5) is 42.1. The van der Waals surface area contributed by atoms with Gasteiger partial charge in [-0.2, -0.15) is 0 Å². The average Bonchev–Trinajstić information content (AvgIpc) is 2.89. The molecule has 7 nitrogen and oxygen atoms in total. The topological polar surface area (TPSA) is 81.8 Å². The molecule has 0 atom stereocenters. The summed E-state index contributed by atoms with van der Waals surface area (Å²) in [7, 11) is 0. The summed E-state index contributed by atoms with van der Waals surface area (Å²) in [6, 6.07) is 24.5. The molecule has 1 fully saturated rings. The number of hydrogen-bond acceptors (Lipinski definition) is 4. The van der Waals surface area contributed by atoms with Crippen LogP contribution in [0.2, 0.25) is 0 Å². The first-order chi connectivity index (χ1) is 17.0. The Labute approximate surface area is 205 Å². The highest BCUT2D eigenvalue weighted by Crippen LogP contribution is 2.21. The third kappa shape index (κ3) is 6.26. The minimum Gasteiger partial charge on any atom is -0.368 e. The monoisotopic (exact) mass is 470 g/mol. The van der Waals surface area contributed by atoms with E-state index in [1.54, 1.807) is 36.4 Å². The quantitative estimate of drug-likeness (QED) is 0.552. The lowest BCUT2D eigenvalue weighted by Crippen LogP contribution is -2.48. The number of rotatable bonds is 7. The van der Waals surface area contributed by atoms with Gasteiger partial charge in [-0.15, -0.1) is 0 Å². The van der Waals surface area contributed by atoms with Crippen molar-refractivity contribution in [2.45, 2.75) is 13.3 Å². The van der Waals surface area contributed by atoms with Crippen LogP contribution in [-0.2, 0) is 4.79 Å². The van der Waals surface area contributed by atoms with Crippen LogP contribution in [0.15, 0.2) is 78.9 Å². The summed E-state index contributed by atoms with van der Waals surface area (Å²) in [5.41, 5.74) is 3.67. The molecule has 35 heavy (non-hydrogen) atoms. The number of piperazine rings is 1. The van der Waals surface area contributed by atoms with Gasteiger partial charge in [0.05, 0.1) is 11.3 Å². The van der Waals surface area contributed by atoms with Gasteiger partial charge in [-0.3, -0.25) is 14.4 Å². The lowest BCUT2D eigenvalue weighted by Gasteiger charge is -2.36. The lowest BCUT2D eigenvalue weighted by atomic mass is 10.1. The summed E-state index contributed by atoms with van der Waals surface area (Å²) >= 11 is 0. The highest BCUT2D eigenvalue weighted by atomic mass is 16.2. The van der Waals surface area contributed by atoms with Gasteiger partial charge in [0.15, 0.2) is 0 Å². The second-order valence-electron chi connectivity index (χ2n) is 8.58. The maximum Gasteiger partial charge on any atom is 0.256 e. The van der Waals surface area contributed by atoms with Gasteiger partial charge in [-0.1, -0.05) is 48.0 Å². The standard InChI is InChI=1S/C28H30N4O3/c1-21-8-7-9-22(20-21)27(34)29-15-14-26(33)30-25-13-6-5-12-24(25)28(35)32-18-16-31(17-19-32)23-10-3-2-4-11-23/h2-13,20H,14-19H2,1H3,(H,29,34)(H,30,33). The van der Waals surface area contributed by atoms with Crippen molar-refractivity contribution in [2.24, 2.45) is 0 Å². The molecule has 0 spiro atoms. The van der Waals surface area contributed by atoms with Gasteiger partial charge in [0.2, 0.25) is 5.91 Å². The number of hydrogen-bond donors (Lipinski definition) is 2. The molecule has 1 heterocycles. The molecule has 0 aromatic heterocycles. The van der Waals surface area contributed by atoms with Crippen LogP contribution in [0, 0.1) is 6.92 Å². The second-order valence-corrected chi connectivity index (χ2v) is 8.58. The van der Waals surface area contributed by atoms with Gasteiger partial charge in [0.1, 0.15) is 0 Å². The van der Waals surface area contributed by atoms with Crippen molar-refractivity contribution in [1.29, 1.82) is 0 Å². The molecule has 1 aliphatic heterocycles. The molecular formula is C28H30N4O3. The first kappa shape index (κ1) is 24.0. The van der Waals surface area contributed by atoms with Crippen molar-refractivity contribution in [3.63, 3.8) is 0 Å². The van der Waals surface area contributed by atoms with Crippen molar-refractivity contribution in [3.8, 4) is 0 Å². The smallest absolute Gasteiger partial charge is 0.256 e.